The number of benzene rings is 1. The first-order chi connectivity index (χ1) is 11.1. The molecule has 2 heterocycles. The summed E-state index contributed by atoms with van der Waals surface area (Å²) in [6.45, 7) is 6.43. The molecule has 4 nitrogen and oxygen atoms in total. The Labute approximate surface area is 146 Å². The van der Waals surface area contributed by atoms with E-state index >= 15 is 0 Å². The lowest BCUT2D eigenvalue weighted by Crippen LogP contribution is -2.16. The fourth-order valence-electron chi connectivity index (χ4n) is 2.93. The van der Waals surface area contributed by atoms with Crippen molar-refractivity contribution in [2.75, 3.05) is 13.1 Å². The Bertz CT molecular complexity index is 669. The molecule has 0 aliphatic carbocycles. The number of fused-ring (bicyclic) bond motifs is 1. The number of hydrogen-bond donors (Lipinski definition) is 2. The number of H-pyrrole nitrogens is 1. The Balaban J connectivity index is 1.74. The average molecular weight is 351 g/mol. The molecule has 1 aromatic heterocycles. The molecule has 0 saturated carbocycles. The van der Waals surface area contributed by atoms with Crippen LogP contribution in [0.1, 0.15) is 36.4 Å². The zero-order chi connectivity index (χ0) is 16.2. The third-order valence-electron chi connectivity index (χ3n) is 4.05. The summed E-state index contributed by atoms with van der Waals surface area (Å²) < 4.78 is 0. The lowest BCUT2D eigenvalue weighted by Gasteiger charge is -2.13. The van der Waals surface area contributed by atoms with Crippen LogP contribution in [0.2, 0.25) is 5.02 Å². The quantitative estimate of drug-likeness (QED) is 0.808. The fraction of sp³-hybridized carbons (Fsp3) is 0.529. The van der Waals surface area contributed by atoms with Gasteiger partial charge in [0.2, 0.25) is 5.16 Å². The first-order valence-corrected chi connectivity index (χ1v) is 9.53. The first kappa shape index (κ1) is 16.8. The molecule has 1 aliphatic rings. The van der Waals surface area contributed by atoms with Gasteiger partial charge in [-0.05, 0) is 54.6 Å². The van der Waals surface area contributed by atoms with Gasteiger partial charge < -0.3 is 5.32 Å². The molecule has 0 bridgehead atoms. The van der Waals surface area contributed by atoms with Gasteiger partial charge in [0.25, 0.3) is 0 Å². The maximum absolute atomic E-state index is 6.47. The molecular weight excluding hydrogens is 328 g/mol. The maximum atomic E-state index is 6.47. The number of halogens is 1. The first-order valence-electron chi connectivity index (χ1n) is 8.17. The number of rotatable bonds is 5. The van der Waals surface area contributed by atoms with Crippen LogP contribution >= 0.6 is 23.4 Å². The van der Waals surface area contributed by atoms with Crippen LogP contribution in [0.3, 0.4) is 0 Å². The minimum Gasteiger partial charge on any atom is -0.316 e. The molecule has 6 heteroatoms. The molecule has 2 N–H and O–H groups in total. The third-order valence-corrected chi connectivity index (χ3v) is 5.28. The van der Waals surface area contributed by atoms with Gasteiger partial charge in [-0.3, -0.25) is 5.10 Å². The lowest BCUT2D eigenvalue weighted by atomic mass is 9.98. The van der Waals surface area contributed by atoms with Crippen molar-refractivity contribution in [2.24, 2.45) is 5.92 Å². The topological polar surface area (TPSA) is 53.6 Å². The molecule has 23 heavy (non-hydrogen) atoms. The highest BCUT2D eigenvalue weighted by molar-refractivity contribution is 7.98. The molecule has 0 unspecified atom stereocenters. The molecule has 1 aromatic carbocycles. The van der Waals surface area contributed by atoms with Crippen LogP contribution in [0.25, 0.3) is 0 Å². The molecule has 0 atom stereocenters. The Morgan fingerprint density at radius 1 is 1.26 bits per heavy atom. The molecule has 1 aliphatic heterocycles. The van der Waals surface area contributed by atoms with Gasteiger partial charge in [0.1, 0.15) is 5.82 Å². The highest BCUT2D eigenvalue weighted by atomic mass is 35.5. The monoisotopic (exact) mass is 350 g/mol. The summed E-state index contributed by atoms with van der Waals surface area (Å²) in [6, 6.07) is 4.20. The van der Waals surface area contributed by atoms with Crippen molar-refractivity contribution in [1.82, 2.24) is 20.5 Å². The Hall–Kier alpha value is -1.04. The number of thioether (sulfide) groups is 1. The van der Waals surface area contributed by atoms with Gasteiger partial charge in [-0.1, -0.05) is 43.3 Å². The summed E-state index contributed by atoms with van der Waals surface area (Å²) in [4.78, 5) is 4.57. The van der Waals surface area contributed by atoms with Gasteiger partial charge in [0, 0.05) is 17.2 Å². The molecule has 0 fully saturated rings. The highest BCUT2D eigenvalue weighted by Crippen LogP contribution is 2.31. The van der Waals surface area contributed by atoms with Crippen molar-refractivity contribution in [3.05, 3.63) is 39.7 Å². The van der Waals surface area contributed by atoms with Gasteiger partial charge in [0.05, 0.1) is 0 Å². The SMILES string of the molecule is CC(C)Cc1nc(SCc2c(Cl)ccc3c2CCNCC3)n[nH]1. The summed E-state index contributed by atoms with van der Waals surface area (Å²) in [6.07, 6.45) is 3.04. The van der Waals surface area contributed by atoms with Crippen LogP contribution in [-0.4, -0.2) is 28.3 Å². The van der Waals surface area contributed by atoms with Gasteiger partial charge in [0.15, 0.2) is 0 Å². The normalized spacial score (nSPS) is 14.8. The van der Waals surface area contributed by atoms with Crippen molar-refractivity contribution in [3.8, 4) is 0 Å². The minimum atomic E-state index is 0.577. The van der Waals surface area contributed by atoms with Crippen LogP contribution in [0.15, 0.2) is 17.3 Å². The summed E-state index contributed by atoms with van der Waals surface area (Å²) in [5.41, 5.74) is 4.08. The van der Waals surface area contributed by atoms with Gasteiger partial charge in [-0.15, -0.1) is 5.10 Å². The molecule has 3 rings (SSSR count). The van der Waals surface area contributed by atoms with E-state index in [4.69, 9.17) is 11.6 Å². The van der Waals surface area contributed by atoms with E-state index in [1.807, 2.05) is 6.07 Å². The van der Waals surface area contributed by atoms with E-state index in [0.29, 0.717) is 5.92 Å². The maximum Gasteiger partial charge on any atom is 0.208 e. The second kappa shape index (κ2) is 7.69. The predicted octanol–water partition coefficient (Wildman–Crippen LogP) is 3.64. The highest BCUT2D eigenvalue weighted by Gasteiger charge is 2.16. The van der Waals surface area contributed by atoms with Crippen LogP contribution in [0, 0.1) is 5.92 Å². The molecule has 2 aromatic rings. The smallest absolute Gasteiger partial charge is 0.208 e. The van der Waals surface area contributed by atoms with Crippen molar-refractivity contribution in [3.63, 3.8) is 0 Å². The van der Waals surface area contributed by atoms with Crippen LogP contribution in [-0.2, 0) is 25.0 Å². The number of nitrogens with zero attached hydrogens (tertiary/aromatic N) is 2. The Kier molecular flexibility index (Phi) is 5.62. The molecule has 124 valence electrons. The van der Waals surface area contributed by atoms with E-state index in [2.05, 4.69) is 40.4 Å². The number of hydrogen-bond acceptors (Lipinski definition) is 4. The summed E-state index contributed by atoms with van der Waals surface area (Å²) >= 11 is 8.13. The molecule has 0 saturated heterocycles. The van der Waals surface area contributed by atoms with Gasteiger partial charge >= 0.3 is 0 Å². The van der Waals surface area contributed by atoms with E-state index in [0.717, 1.165) is 54.1 Å². The van der Waals surface area contributed by atoms with Crippen molar-refractivity contribution in [2.45, 2.75) is 44.0 Å². The van der Waals surface area contributed by atoms with Gasteiger partial charge in [-0.2, -0.15) is 0 Å². The van der Waals surface area contributed by atoms with E-state index in [9.17, 15) is 0 Å². The second-order valence-electron chi connectivity index (χ2n) is 6.36. The zero-order valence-corrected chi connectivity index (χ0v) is 15.2. The summed E-state index contributed by atoms with van der Waals surface area (Å²) in [7, 11) is 0. The van der Waals surface area contributed by atoms with Crippen molar-refractivity contribution >= 4 is 23.4 Å². The molecular formula is C17H23ClN4S. The molecule has 0 amide bonds. The third kappa shape index (κ3) is 4.28. The largest absolute Gasteiger partial charge is 0.316 e. The minimum absolute atomic E-state index is 0.577. The van der Waals surface area contributed by atoms with Crippen molar-refractivity contribution in [1.29, 1.82) is 0 Å². The fourth-order valence-corrected chi connectivity index (χ4v) is 4.14. The van der Waals surface area contributed by atoms with E-state index in [1.54, 1.807) is 11.8 Å². The predicted molar refractivity (Wildman–Crippen MR) is 96.2 cm³/mol. The number of aromatic amines is 1. The van der Waals surface area contributed by atoms with Crippen LogP contribution in [0.4, 0.5) is 0 Å². The Morgan fingerprint density at radius 3 is 2.91 bits per heavy atom. The second-order valence-corrected chi connectivity index (χ2v) is 7.71. The van der Waals surface area contributed by atoms with E-state index < -0.39 is 0 Å². The summed E-state index contributed by atoms with van der Waals surface area (Å²) in [5, 5.41) is 12.5. The number of nitrogens with one attached hydrogen (secondary N) is 2. The van der Waals surface area contributed by atoms with Crippen molar-refractivity contribution < 1.29 is 0 Å². The van der Waals surface area contributed by atoms with Crippen LogP contribution < -0.4 is 5.32 Å². The van der Waals surface area contributed by atoms with E-state index in [-0.39, 0.29) is 0 Å². The Morgan fingerprint density at radius 2 is 2.09 bits per heavy atom. The molecule has 0 radical (unpaired) electrons. The zero-order valence-electron chi connectivity index (χ0n) is 13.7. The summed E-state index contributed by atoms with van der Waals surface area (Å²) in [5.74, 6) is 2.36. The standard InChI is InChI=1S/C17H23ClN4S/c1-11(2)9-16-20-17(22-21-16)23-10-14-13-6-8-19-7-5-12(13)3-4-15(14)18/h3-4,11,19H,5-10H2,1-2H3,(H,20,21,22). The lowest BCUT2D eigenvalue weighted by molar-refractivity contribution is 0.622. The number of aromatic nitrogens is 3. The molecule has 0 spiro atoms. The van der Waals surface area contributed by atoms with E-state index in [1.165, 1.54) is 16.7 Å². The average Bonchev–Trinajstić information content (AvgIpc) is 2.80. The van der Waals surface area contributed by atoms with Crippen LogP contribution in [0.5, 0.6) is 0 Å². The van der Waals surface area contributed by atoms with Gasteiger partial charge in [-0.25, -0.2) is 4.98 Å².